The number of hydrogen-bond acceptors (Lipinski definition) is 1. The highest BCUT2D eigenvalue weighted by atomic mass is 79.9. The molecule has 1 saturated heterocycles. The predicted octanol–water partition coefficient (Wildman–Crippen LogP) is 3.98. The molecule has 0 radical (unpaired) electrons. The van der Waals surface area contributed by atoms with Gasteiger partial charge in [-0.3, -0.25) is 0 Å². The van der Waals surface area contributed by atoms with Crippen LogP contribution in [0.4, 0.5) is 4.39 Å². The van der Waals surface area contributed by atoms with Crippen molar-refractivity contribution in [1.29, 1.82) is 0 Å². The van der Waals surface area contributed by atoms with Crippen molar-refractivity contribution in [2.24, 2.45) is 0 Å². The second-order valence-electron chi connectivity index (χ2n) is 5.68. The van der Waals surface area contributed by atoms with Gasteiger partial charge in [0.15, 0.2) is 0 Å². The Morgan fingerprint density at radius 1 is 1.20 bits per heavy atom. The summed E-state index contributed by atoms with van der Waals surface area (Å²) in [6.45, 7) is 4.08. The average molecular weight is 334 g/mol. The molecule has 1 nitrogen and oxygen atoms in total. The van der Waals surface area contributed by atoms with Crippen LogP contribution in [0, 0.1) is 12.7 Å². The van der Waals surface area contributed by atoms with Gasteiger partial charge in [-0.2, -0.15) is 0 Å². The predicted molar refractivity (Wildman–Crippen MR) is 83.5 cm³/mol. The van der Waals surface area contributed by atoms with Crippen LogP contribution in [0.5, 0.6) is 0 Å². The van der Waals surface area contributed by atoms with Gasteiger partial charge in [0, 0.05) is 18.5 Å². The summed E-state index contributed by atoms with van der Waals surface area (Å²) in [5.41, 5.74) is 3.97. The molecule has 1 fully saturated rings. The van der Waals surface area contributed by atoms with Gasteiger partial charge in [0.2, 0.25) is 0 Å². The number of rotatable bonds is 3. The number of halogens is 2. The highest BCUT2D eigenvalue weighted by Crippen LogP contribution is 2.33. The zero-order chi connectivity index (χ0) is 14.2. The molecule has 1 aliphatic heterocycles. The van der Waals surface area contributed by atoms with E-state index in [9.17, 15) is 4.39 Å². The second kappa shape index (κ2) is 5.30. The normalized spacial score (nSPS) is 16.8. The van der Waals surface area contributed by atoms with Crippen LogP contribution in [0.25, 0.3) is 0 Å². The first-order valence-electron chi connectivity index (χ1n) is 6.81. The lowest BCUT2D eigenvalue weighted by molar-refractivity contribution is 0.274. The maximum absolute atomic E-state index is 13.3. The van der Waals surface area contributed by atoms with Gasteiger partial charge in [0.1, 0.15) is 5.82 Å². The summed E-state index contributed by atoms with van der Waals surface area (Å²) in [7, 11) is 0. The van der Waals surface area contributed by atoms with E-state index in [4.69, 9.17) is 0 Å². The van der Waals surface area contributed by atoms with Crippen LogP contribution in [0.2, 0.25) is 0 Å². The summed E-state index contributed by atoms with van der Waals surface area (Å²) in [6.07, 6.45) is 0.933. The van der Waals surface area contributed by atoms with Crippen molar-refractivity contribution in [2.75, 3.05) is 13.1 Å². The quantitative estimate of drug-likeness (QED) is 0.895. The molecule has 0 aromatic heterocycles. The van der Waals surface area contributed by atoms with Gasteiger partial charge < -0.3 is 5.32 Å². The summed E-state index contributed by atoms with van der Waals surface area (Å²) in [5, 5.41) is 3.38. The number of benzene rings is 2. The molecule has 0 aliphatic carbocycles. The van der Waals surface area contributed by atoms with E-state index in [0.29, 0.717) is 4.47 Å². The van der Waals surface area contributed by atoms with Gasteiger partial charge in [0.05, 0.1) is 4.47 Å². The summed E-state index contributed by atoms with van der Waals surface area (Å²) in [4.78, 5) is 0. The Balaban J connectivity index is 1.91. The van der Waals surface area contributed by atoms with E-state index in [1.165, 1.54) is 22.8 Å². The van der Waals surface area contributed by atoms with Crippen molar-refractivity contribution in [3.63, 3.8) is 0 Å². The van der Waals surface area contributed by atoms with Crippen molar-refractivity contribution >= 4 is 15.9 Å². The molecule has 0 atom stereocenters. The fourth-order valence-electron chi connectivity index (χ4n) is 2.87. The molecule has 1 aliphatic rings. The zero-order valence-corrected chi connectivity index (χ0v) is 13.0. The largest absolute Gasteiger partial charge is 0.315 e. The molecule has 0 bridgehead atoms. The lowest BCUT2D eigenvalue weighted by Gasteiger charge is -2.43. The summed E-state index contributed by atoms with van der Waals surface area (Å²) >= 11 is 3.27. The van der Waals surface area contributed by atoms with E-state index in [-0.39, 0.29) is 11.2 Å². The second-order valence-corrected chi connectivity index (χ2v) is 6.53. The van der Waals surface area contributed by atoms with Crippen molar-refractivity contribution in [1.82, 2.24) is 5.32 Å². The first kappa shape index (κ1) is 13.8. The zero-order valence-electron chi connectivity index (χ0n) is 11.4. The molecule has 3 heteroatoms. The molecule has 2 aromatic carbocycles. The van der Waals surface area contributed by atoms with E-state index >= 15 is 0 Å². The van der Waals surface area contributed by atoms with E-state index in [1.807, 2.05) is 12.1 Å². The van der Waals surface area contributed by atoms with E-state index < -0.39 is 0 Å². The van der Waals surface area contributed by atoms with Gasteiger partial charge in [-0.15, -0.1) is 0 Å². The van der Waals surface area contributed by atoms with Gasteiger partial charge >= 0.3 is 0 Å². The van der Waals surface area contributed by atoms with Crippen LogP contribution < -0.4 is 5.32 Å². The minimum absolute atomic E-state index is 0.142. The molecular weight excluding hydrogens is 317 g/mol. The van der Waals surface area contributed by atoms with Crippen molar-refractivity contribution in [3.8, 4) is 0 Å². The minimum Gasteiger partial charge on any atom is -0.315 e. The molecule has 104 valence electrons. The lowest BCUT2D eigenvalue weighted by Crippen LogP contribution is -2.58. The Kier molecular flexibility index (Phi) is 3.65. The summed E-state index contributed by atoms with van der Waals surface area (Å²) in [5.74, 6) is -0.204. The van der Waals surface area contributed by atoms with Crippen LogP contribution in [0.15, 0.2) is 46.9 Å². The van der Waals surface area contributed by atoms with Gasteiger partial charge in [-0.1, -0.05) is 35.9 Å². The molecule has 0 amide bonds. The third-order valence-electron chi connectivity index (χ3n) is 4.08. The van der Waals surface area contributed by atoms with Gasteiger partial charge in [-0.05, 0) is 52.5 Å². The van der Waals surface area contributed by atoms with Crippen LogP contribution >= 0.6 is 15.9 Å². The fraction of sp³-hybridized carbons (Fsp3) is 0.294. The molecule has 1 heterocycles. The molecule has 0 saturated carbocycles. The molecule has 20 heavy (non-hydrogen) atoms. The van der Waals surface area contributed by atoms with E-state index in [1.54, 1.807) is 0 Å². The Labute approximate surface area is 127 Å². The summed E-state index contributed by atoms with van der Waals surface area (Å²) in [6, 6.07) is 14.0. The van der Waals surface area contributed by atoms with E-state index in [2.05, 4.69) is 52.4 Å². The maximum Gasteiger partial charge on any atom is 0.137 e. The van der Waals surface area contributed by atoms with Crippen LogP contribution in [0.1, 0.15) is 16.7 Å². The molecule has 2 aromatic rings. The molecule has 1 N–H and O–H groups in total. The highest BCUT2D eigenvalue weighted by molar-refractivity contribution is 9.10. The Bertz CT molecular complexity index is 635. The fourth-order valence-corrected chi connectivity index (χ4v) is 3.30. The topological polar surface area (TPSA) is 12.0 Å². The number of hydrogen-bond donors (Lipinski definition) is 1. The summed E-state index contributed by atoms with van der Waals surface area (Å²) < 4.78 is 13.9. The van der Waals surface area contributed by atoms with E-state index in [0.717, 1.165) is 19.5 Å². The Morgan fingerprint density at radius 3 is 2.60 bits per heavy atom. The monoisotopic (exact) mass is 333 g/mol. The third-order valence-corrected chi connectivity index (χ3v) is 4.69. The average Bonchev–Trinajstić information content (AvgIpc) is 2.38. The smallest absolute Gasteiger partial charge is 0.137 e. The van der Waals surface area contributed by atoms with Gasteiger partial charge in [-0.25, -0.2) is 4.39 Å². The van der Waals surface area contributed by atoms with Crippen LogP contribution in [0.3, 0.4) is 0 Å². The van der Waals surface area contributed by atoms with Crippen LogP contribution in [-0.2, 0) is 11.8 Å². The third kappa shape index (κ3) is 2.52. The van der Waals surface area contributed by atoms with Crippen molar-refractivity contribution in [3.05, 3.63) is 69.4 Å². The van der Waals surface area contributed by atoms with Gasteiger partial charge in [0.25, 0.3) is 0 Å². The lowest BCUT2D eigenvalue weighted by atomic mass is 9.71. The molecule has 0 unspecified atom stereocenters. The molecular formula is C17H17BrFN. The van der Waals surface area contributed by atoms with Crippen molar-refractivity contribution < 1.29 is 4.39 Å². The highest BCUT2D eigenvalue weighted by Gasteiger charge is 2.38. The standard InChI is InChI=1S/C17H17BrFN/c1-12-3-2-4-14(7-12)17(10-20-11-17)9-13-5-6-16(19)15(18)8-13/h2-8,20H,9-11H2,1H3. The minimum atomic E-state index is -0.204. The first-order valence-corrected chi connectivity index (χ1v) is 7.60. The SMILES string of the molecule is Cc1cccc(C2(Cc3ccc(F)c(Br)c3)CNC2)c1. The Morgan fingerprint density at radius 2 is 2.00 bits per heavy atom. The maximum atomic E-state index is 13.3. The number of aryl methyl sites for hydroxylation is 1. The Hall–Kier alpha value is -1.19. The first-order chi connectivity index (χ1) is 9.59. The molecule has 3 rings (SSSR count). The molecule has 0 spiro atoms. The van der Waals surface area contributed by atoms with Crippen molar-refractivity contribution in [2.45, 2.75) is 18.8 Å². The number of nitrogens with one attached hydrogen (secondary N) is 1. The van der Waals surface area contributed by atoms with Crippen LogP contribution in [-0.4, -0.2) is 13.1 Å².